The van der Waals surface area contributed by atoms with E-state index in [0.717, 1.165) is 12.3 Å². The first-order valence-electron chi connectivity index (χ1n) is 7.93. The van der Waals surface area contributed by atoms with Gasteiger partial charge >= 0.3 is 37.0 Å². The fourth-order valence-corrected chi connectivity index (χ4v) is 5.71. The number of hydrogen-bond acceptors (Lipinski definition) is 13. The number of rotatable bonds is 10. The van der Waals surface area contributed by atoms with E-state index in [1.165, 1.54) is 0 Å². The first kappa shape index (κ1) is 28.4. The highest BCUT2D eigenvalue weighted by molar-refractivity contribution is 7.66. The third-order valence-electron chi connectivity index (χ3n) is 3.45. The molecule has 1 aliphatic heterocycles. The number of aliphatic hydroxyl groups excluding tert-OH is 2. The van der Waals surface area contributed by atoms with Gasteiger partial charge in [0.2, 0.25) is 5.88 Å². The van der Waals surface area contributed by atoms with Gasteiger partial charge in [-0.05, 0) is 0 Å². The zero-order chi connectivity index (χ0) is 25.4. The Labute approximate surface area is 181 Å². The van der Waals surface area contributed by atoms with E-state index in [9.17, 15) is 38.2 Å². The summed E-state index contributed by atoms with van der Waals surface area (Å²) in [5.41, 5.74) is -1.26. The molecule has 6 atom stereocenters. The highest BCUT2D eigenvalue weighted by Crippen LogP contribution is 2.66. The second-order valence-electron chi connectivity index (χ2n) is 5.97. The minimum Gasteiger partial charge on any atom is -0.387 e. The van der Waals surface area contributed by atoms with Crippen LogP contribution in [0.2, 0.25) is 0 Å². The maximum absolute atomic E-state index is 12.0. The second kappa shape index (κ2) is 10.0. The molecule has 1 aromatic heterocycles. The summed E-state index contributed by atoms with van der Waals surface area (Å²) in [4.78, 5) is 68.0. The molecular formula is C9H16N2O18P4. The molecule has 2 heterocycles. The number of phosphoric ester groups is 2. The van der Waals surface area contributed by atoms with Crippen molar-refractivity contribution >= 4 is 31.3 Å². The topological polar surface area (TPSA) is 311 Å². The monoisotopic (exact) mass is 564 g/mol. The molecule has 190 valence electrons. The van der Waals surface area contributed by atoms with Crippen molar-refractivity contribution in [3.8, 4) is 5.88 Å². The van der Waals surface area contributed by atoms with Crippen LogP contribution in [0.1, 0.15) is 6.23 Å². The van der Waals surface area contributed by atoms with Crippen molar-refractivity contribution < 1.29 is 80.2 Å². The van der Waals surface area contributed by atoms with Crippen molar-refractivity contribution in [2.75, 3.05) is 6.61 Å². The predicted molar refractivity (Wildman–Crippen MR) is 96.9 cm³/mol. The van der Waals surface area contributed by atoms with Crippen molar-refractivity contribution in [1.82, 2.24) is 9.55 Å². The second-order valence-corrected chi connectivity index (χ2v) is 11.6. The lowest BCUT2D eigenvalue weighted by Gasteiger charge is -2.19. The van der Waals surface area contributed by atoms with Crippen LogP contribution in [-0.4, -0.2) is 74.0 Å². The largest absolute Gasteiger partial charge is 0.526 e. The van der Waals surface area contributed by atoms with E-state index >= 15 is 0 Å². The van der Waals surface area contributed by atoms with Gasteiger partial charge in [-0.15, -0.1) is 0 Å². The van der Waals surface area contributed by atoms with Crippen LogP contribution in [0.15, 0.2) is 17.1 Å². The summed E-state index contributed by atoms with van der Waals surface area (Å²) in [5.74, 6) is -0.776. The van der Waals surface area contributed by atoms with Gasteiger partial charge < -0.3 is 39.0 Å². The van der Waals surface area contributed by atoms with E-state index in [1.54, 1.807) is 0 Å². The van der Waals surface area contributed by atoms with Crippen molar-refractivity contribution in [2.45, 2.75) is 24.5 Å². The van der Waals surface area contributed by atoms with E-state index in [4.69, 9.17) is 29.2 Å². The number of phosphoric acid groups is 4. The molecule has 2 unspecified atom stereocenters. The van der Waals surface area contributed by atoms with Gasteiger partial charge in [0, 0.05) is 12.3 Å². The van der Waals surface area contributed by atoms with Crippen molar-refractivity contribution in [3.05, 3.63) is 22.7 Å². The number of ether oxygens (including phenoxy) is 1. The fourth-order valence-electron chi connectivity index (χ4n) is 2.33. The van der Waals surface area contributed by atoms with Gasteiger partial charge in [0.25, 0.3) is 0 Å². The van der Waals surface area contributed by atoms with Gasteiger partial charge in [-0.3, -0.25) is 18.9 Å². The molecule has 0 bridgehead atoms. The lowest BCUT2D eigenvalue weighted by atomic mass is 10.1. The fraction of sp³-hybridized carbons (Fsp3) is 0.556. The van der Waals surface area contributed by atoms with E-state index in [1.807, 2.05) is 0 Å². The minimum absolute atomic E-state index is 0.561. The van der Waals surface area contributed by atoms with Crippen LogP contribution in [0.5, 0.6) is 5.88 Å². The smallest absolute Gasteiger partial charge is 0.387 e. The highest BCUT2D eigenvalue weighted by atomic mass is 31.3. The van der Waals surface area contributed by atoms with Gasteiger partial charge in [0.1, 0.15) is 18.3 Å². The molecule has 33 heavy (non-hydrogen) atoms. The van der Waals surface area contributed by atoms with Crippen LogP contribution in [0.25, 0.3) is 0 Å². The van der Waals surface area contributed by atoms with Gasteiger partial charge in [-0.25, -0.2) is 23.1 Å². The molecule has 1 aromatic rings. The van der Waals surface area contributed by atoms with Crippen LogP contribution < -0.4 is 10.2 Å². The third kappa shape index (κ3) is 8.69. The summed E-state index contributed by atoms with van der Waals surface area (Å²) in [7, 11) is -22.0. The van der Waals surface area contributed by atoms with Crippen molar-refractivity contribution in [3.63, 3.8) is 0 Å². The third-order valence-corrected chi connectivity index (χ3v) is 7.67. The molecular weight excluding hydrogens is 548 g/mol. The van der Waals surface area contributed by atoms with Crippen LogP contribution in [0, 0.1) is 0 Å². The number of aromatic nitrogens is 2. The minimum atomic E-state index is -5.79. The van der Waals surface area contributed by atoms with Crippen LogP contribution in [0.4, 0.5) is 0 Å². The molecule has 0 amide bonds. The Kier molecular flexibility index (Phi) is 8.60. The Morgan fingerprint density at radius 1 is 0.939 bits per heavy atom. The van der Waals surface area contributed by atoms with E-state index < -0.39 is 74.0 Å². The highest BCUT2D eigenvalue weighted by Gasteiger charge is 2.46. The maximum Gasteiger partial charge on any atom is 0.526 e. The van der Waals surface area contributed by atoms with E-state index in [2.05, 4.69) is 22.7 Å². The Balaban J connectivity index is 2.08. The van der Waals surface area contributed by atoms with Gasteiger partial charge in [-0.2, -0.15) is 13.6 Å². The Bertz CT molecular complexity index is 1110. The lowest BCUT2D eigenvalue weighted by Crippen LogP contribution is -2.36. The zero-order valence-corrected chi connectivity index (χ0v) is 19.1. The van der Waals surface area contributed by atoms with Gasteiger partial charge in [-0.1, -0.05) is 0 Å². The van der Waals surface area contributed by atoms with Crippen LogP contribution in [-0.2, 0) is 36.1 Å². The standard InChI is InChI=1S/C9H16N2O18P4/c12-6-4(3-25-32(21,22)29-33(23,24)28-31(18,19)20)26-8(7(6)13)11-2-1-5(10-9(11)14)27-30(15,16)17/h1-2,4,6-8,12-13H,3H2,(H,21,22)(H,23,24)(H2,15,16,17)(H2,18,19,20)/t4-,6-,7-,8-/m1/s1. The van der Waals surface area contributed by atoms with Crippen LogP contribution in [0.3, 0.4) is 0 Å². The van der Waals surface area contributed by atoms with E-state index in [0.29, 0.717) is 4.57 Å². The average Bonchev–Trinajstić information content (AvgIpc) is 2.84. The maximum atomic E-state index is 12.0. The summed E-state index contributed by atoms with van der Waals surface area (Å²) in [6.45, 7) is -1.13. The molecule has 20 nitrogen and oxygen atoms in total. The summed E-state index contributed by atoms with van der Waals surface area (Å²) in [6.07, 6.45) is -6.31. The Morgan fingerprint density at radius 2 is 1.55 bits per heavy atom. The van der Waals surface area contributed by atoms with Crippen molar-refractivity contribution in [2.24, 2.45) is 0 Å². The molecule has 1 aliphatic rings. The molecule has 8 N–H and O–H groups in total. The predicted octanol–water partition coefficient (Wildman–Crippen LogP) is -2.32. The van der Waals surface area contributed by atoms with E-state index in [-0.39, 0.29) is 0 Å². The summed E-state index contributed by atoms with van der Waals surface area (Å²) >= 11 is 0. The van der Waals surface area contributed by atoms with Gasteiger partial charge in [0.15, 0.2) is 6.23 Å². The first-order chi connectivity index (χ1) is 14.8. The Hall–Kier alpha value is -0.880. The molecule has 0 saturated carbocycles. The van der Waals surface area contributed by atoms with Crippen molar-refractivity contribution in [1.29, 1.82) is 0 Å². The molecule has 24 heteroatoms. The number of nitrogens with zero attached hydrogens (tertiary/aromatic N) is 2. The molecule has 1 fully saturated rings. The van der Waals surface area contributed by atoms with Crippen LogP contribution >= 0.6 is 31.3 Å². The lowest BCUT2D eigenvalue weighted by molar-refractivity contribution is -0.0542. The molecule has 0 spiro atoms. The Morgan fingerprint density at radius 3 is 2.06 bits per heavy atom. The number of aliphatic hydroxyl groups is 2. The summed E-state index contributed by atoms with van der Waals surface area (Å²) < 4.78 is 65.4. The average molecular weight is 564 g/mol. The number of hydrogen-bond donors (Lipinski definition) is 8. The normalized spacial score (nSPS) is 27.6. The zero-order valence-electron chi connectivity index (χ0n) is 15.5. The molecule has 2 rings (SSSR count). The quantitative estimate of drug-likeness (QED) is 0.138. The van der Waals surface area contributed by atoms with Gasteiger partial charge in [0.05, 0.1) is 6.61 Å². The molecule has 0 aromatic carbocycles. The summed E-state index contributed by atoms with van der Waals surface area (Å²) in [5, 5.41) is 20.1. The molecule has 1 saturated heterocycles. The SMILES string of the molecule is O=c1nc(OP(=O)(O)O)ccn1[C@@H]1O[C@H](COP(=O)(O)OP(=O)(O)OP(=O)(O)O)[C@@H](O)[C@H]1O. The summed E-state index contributed by atoms with van der Waals surface area (Å²) in [6, 6.07) is 0.808. The molecule has 0 aliphatic carbocycles. The first-order valence-corrected chi connectivity index (χ1v) is 14.0. The molecule has 0 radical (unpaired) electrons.